The van der Waals surface area contributed by atoms with Crippen LogP contribution in [0.3, 0.4) is 0 Å². The highest BCUT2D eigenvalue weighted by Gasteiger charge is 2.21. The van der Waals surface area contributed by atoms with Gasteiger partial charge in [-0.1, -0.05) is 6.92 Å². The zero-order valence-electron chi connectivity index (χ0n) is 11.7. The van der Waals surface area contributed by atoms with Gasteiger partial charge < -0.3 is 20.5 Å². The SMILES string of the molecule is CCCC(=O)N[C@@H](Cc1c[nH]c2ccc(O)cc12)C(=O)O. The Bertz CT molecular complexity index is 663. The first-order valence-corrected chi connectivity index (χ1v) is 6.82. The predicted molar refractivity (Wildman–Crippen MR) is 78.1 cm³/mol. The number of aromatic hydroxyl groups is 1. The summed E-state index contributed by atoms with van der Waals surface area (Å²) in [4.78, 5) is 25.9. The number of hydrogen-bond acceptors (Lipinski definition) is 3. The summed E-state index contributed by atoms with van der Waals surface area (Å²) in [6, 6.07) is 3.87. The molecule has 2 aromatic rings. The zero-order valence-corrected chi connectivity index (χ0v) is 11.7. The fourth-order valence-corrected chi connectivity index (χ4v) is 2.25. The number of phenols is 1. The van der Waals surface area contributed by atoms with Crippen molar-refractivity contribution in [3.8, 4) is 5.75 Å². The molecule has 6 nitrogen and oxygen atoms in total. The molecule has 0 bridgehead atoms. The van der Waals surface area contributed by atoms with Crippen molar-refractivity contribution in [1.82, 2.24) is 10.3 Å². The minimum Gasteiger partial charge on any atom is -0.508 e. The van der Waals surface area contributed by atoms with Gasteiger partial charge in [0.15, 0.2) is 0 Å². The third-order valence-corrected chi connectivity index (χ3v) is 3.29. The third-order valence-electron chi connectivity index (χ3n) is 3.29. The quantitative estimate of drug-likeness (QED) is 0.651. The summed E-state index contributed by atoms with van der Waals surface area (Å²) in [5, 5.41) is 22.0. The molecule has 0 fully saturated rings. The molecule has 0 unspecified atom stereocenters. The van der Waals surface area contributed by atoms with Crippen molar-refractivity contribution in [2.24, 2.45) is 0 Å². The molecule has 1 amide bonds. The predicted octanol–water partition coefficient (Wildman–Crippen LogP) is 1.79. The van der Waals surface area contributed by atoms with Crippen LogP contribution in [0.5, 0.6) is 5.75 Å². The third kappa shape index (κ3) is 3.53. The van der Waals surface area contributed by atoms with Gasteiger partial charge in [0, 0.05) is 29.9 Å². The van der Waals surface area contributed by atoms with Crippen LogP contribution >= 0.6 is 0 Å². The van der Waals surface area contributed by atoms with Gasteiger partial charge in [0.1, 0.15) is 11.8 Å². The fraction of sp³-hybridized carbons (Fsp3) is 0.333. The van der Waals surface area contributed by atoms with Crippen LogP contribution in [0.15, 0.2) is 24.4 Å². The summed E-state index contributed by atoms with van der Waals surface area (Å²) in [7, 11) is 0. The normalized spacial score (nSPS) is 12.2. The van der Waals surface area contributed by atoms with E-state index in [1.165, 1.54) is 0 Å². The zero-order chi connectivity index (χ0) is 15.4. The average molecular weight is 290 g/mol. The van der Waals surface area contributed by atoms with E-state index in [2.05, 4.69) is 10.3 Å². The standard InChI is InChI=1S/C15H18N2O4/c1-2-3-14(19)17-13(15(20)21)6-9-8-16-12-5-4-10(18)7-11(9)12/h4-5,7-8,13,16,18H,2-3,6H2,1H3,(H,17,19)(H,20,21)/t13-/m0/s1. The Kier molecular flexibility index (Phi) is 4.47. The van der Waals surface area contributed by atoms with Crippen LogP contribution in [0.2, 0.25) is 0 Å². The number of nitrogens with one attached hydrogen (secondary N) is 2. The van der Waals surface area contributed by atoms with Gasteiger partial charge in [-0.25, -0.2) is 4.79 Å². The molecule has 0 aliphatic carbocycles. The number of amides is 1. The first kappa shape index (κ1) is 14.9. The van der Waals surface area contributed by atoms with Gasteiger partial charge >= 0.3 is 5.97 Å². The highest BCUT2D eigenvalue weighted by Crippen LogP contribution is 2.23. The summed E-state index contributed by atoms with van der Waals surface area (Å²) in [5.41, 5.74) is 1.55. The summed E-state index contributed by atoms with van der Waals surface area (Å²) in [6.07, 6.45) is 2.83. The largest absolute Gasteiger partial charge is 0.508 e. The van der Waals surface area contributed by atoms with Gasteiger partial charge in [0.25, 0.3) is 0 Å². The van der Waals surface area contributed by atoms with E-state index in [9.17, 15) is 19.8 Å². The van der Waals surface area contributed by atoms with Crippen molar-refractivity contribution in [2.75, 3.05) is 0 Å². The number of carboxylic acid groups (broad SMARTS) is 1. The fourth-order valence-electron chi connectivity index (χ4n) is 2.25. The van der Waals surface area contributed by atoms with Crippen molar-refractivity contribution in [1.29, 1.82) is 0 Å². The molecule has 0 aliphatic heterocycles. The number of phenolic OH excluding ortho intramolecular Hbond substituents is 1. The van der Waals surface area contributed by atoms with Crippen molar-refractivity contribution < 1.29 is 19.8 Å². The Balaban J connectivity index is 2.20. The number of aliphatic carboxylic acids is 1. The molecule has 2 rings (SSSR count). The van der Waals surface area contributed by atoms with Crippen molar-refractivity contribution >= 4 is 22.8 Å². The molecular weight excluding hydrogens is 272 g/mol. The Labute approximate surface area is 121 Å². The van der Waals surface area contributed by atoms with E-state index in [-0.39, 0.29) is 18.1 Å². The van der Waals surface area contributed by atoms with Gasteiger partial charge in [-0.05, 0) is 30.2 Å². The smallest absolute Gasteiger partial charge is 0.326 e. The van der Waals surface area contributed by atoms with E-state index in [0.717, 1.165) is 16.5 Å². The maximum absolute atomic E-state index is 11.6. The van der Waals surface area contributed by atoms with Crippen LogP contribution in [0.25, 0.3) is 10.9 Å². The van der Waals surface area contributed by atoms with Crippen LogP contribution in [0.4, 0.5) is 0 Å². The molecule has 0 aliphatic rings. The van der Waals surface area contributed by atoms with Crippen molar-refractivity contribution in [3.63, 3.8) is 0 Å². The van der Waals surface area contributed by atoms with Gasteiger partial charge in [0.05, 0.1) is 0 Å². The molecule has 0 radical (unpaired) electrons. The number of fused-ring (bicyclic) bond motifs is 1. The minimum atomic E-state index is -1.08. The molecule has 4 N–H and O–H groups in total. The van der Waals surface area contributed by atoms with Crippen molar-refractivity contribution in [2.45, 2.75) is 32.2 Å². The average Bonchev–Trinajstić information content (AvgIpc) is 2.80. The second-order valence-electron chi connectivity index (χ2n) is 4.96. The van der Waals surface area contributed by atoms with Crippen LogP contribution in [-0.4, -0.2) is 33.1 Å². The number of hydrogen-bond donors (Lipinski definition) is 4. The van der Waals surface area contributed by atoms with Gasteiger partial charge in [-0.2, -0.15) is 0 Å². The highest BCUT2D eigenvalue weighted by molar-refractivity contribution is 5.87. The summed E-state index contributed by atoms with van der Waals surface area (Å²) < 4.78 is 0. The molecule has 6 heteroatoms. The lowest BCUT2D eigenvalue weighted by molar-refractivity contribution is -0.141. The van der Waals surface area contributed by atoms with E-state index in [0.29, 0.717) is 12.8 Å². The highest BCUT2D eigenvalue weighted by atomic mass is 16.4. The van der Waals surface area contributed by atoms with E-state index >= 15 is 0 Å². The molecule has 0 spiro atoms. The molecule has 0 saturated heterocycles. The Hall–Kier alpha value is -2.50. The number of carbonyl (C=O) groups is 2. The maximum atomic E-state index is 11.6. The summed E-state index contributed by atoms with van der Waals surface area (Å²) >= 11 is 0. The lowest BCUT2D eigenvalue weighted by atomic mass is 10.0. The van der Waals surface area contributed by atoms with Gasteiger partial charge in [-0.3, -0.25) is 4.79 Å². The molecule has 112 valence electrons. The van der Waals surface area contributed by atoms with Gasteiger partial charge in [-0.15, -0.1) is 0 Å². The van der Waals surface area contributed by atoms with E-state index in [1.54, 1.807) is 24.4 Å². The van der Waals surface area contributed by atoms with Crippen LogP contribution in [0, 0.1) is 0 Å². The van der Waals surface area contributed by atoms with Crippen molar-refractivity contribution in [3.05, 3.63) is 30.0 Å². The Morgan fingerprint density at radius 1 is 1.38 bits per heavy atom. The molecule has 1 aromatic heterocycles. The number of benzene rings is 1. The van der Waals surface area contributed by atoms with Crippen LogP contribution < -0.4 is 5.32 Å². The monoisotopic (exact) mass is 290 g/mol. The van der Waals surface area contributed by atoms with E-state index in [4.69, 9.17) is 0 Å². The number of carbonyl (C=O) groups excluding carboxylic acids is 1. The first-order chi connectivity index (χ1) is 10.0. The lowest BCUT2D eigenvalue weighted by Gasteiger charge is -2.14. The molecule has 1 heterocycles. The maximum Gasteiger partial charge on any atom is 0.326 e. The molecule has 1 aromatic carbocycles. The number of carboxylic acids is 1. The Morgan fingerprint density at radius 2 is 2.14 bits per heavy atom. The number of aromatic amines is 1. The molecular formula is C15H18N2O4. The molecule has 1 atom stereocenters. The second-order valence-corrected chi connectivity index (χ2v) is 4.96. The van der Waals surface area contributed by atoms with E-state index < -0.39 is 12.0 Å². The number of aromatic nitrogens is 1. The van der Waals surface area contributed by atoms with Crippen LogP contribution in [0.1, 0.15) is 25.3 Å². The topological polar surface area (TPSA) is 102 Å². The minimum absolute atomic E-state index is 0.116. The Morgan fingerprint density at radius 3 is 2.81 bits per heavy atom. The van der Waals surface area contributed by atoms with Gasteiger partial charge in [0.2, 0.25) is 5.91 Å². The number of H-pyrrole nitrogens is 1. The second kappa shape index (κ2) is 6.30. The van der Waals surface area contributed by atoms with Crippen LogP contribution in [-0.2, 0) is 16.0 Å². The summed E-state index contributed by atoms with van der Waals surface area (Å²) in [5.74, 6) is -1.23. The molecule has 21 heavy (non-hydrogen) atoms. The number of rotatable bonds is 6. The molecule has 0 saturated carbocycles. The van der Waals surface area contributed by atoms with E-state index in [1.807, 2.05) is 6.92 Å². The lowest BCUT2D eigenvalue weighted by Crippen LogP contribution is -2.42. The first-order valence-electron chi connectivity index (χ1n) is 6.82. The summed E-state index contributed by atoms with van der Waals surface area (Å²) in [6.45, 7) is 1.86.